The molecule has 7 nitrogen and oxygen atoms in total. The largest absolute Gasteiger partial charge is 0.550 e. The highest BCUT2D eigenvalue weighted by molar-refractivity contribution is 7.98. The van der Waals surface area contributed by atoms with Crippen LogP contribution in [0.15, 0.2) is 45.7 Å². The number of benzene rings is 1. The fourth-order valence-electron chi connectivity index (χ4n) is 3.15. The van der Waals surface area contributed by atoms with Gasteiger partial charge in [0, 0.05) is 12.5 Å². The van der Waals surface area contributed by atoms with Gasteiger partial charge in [0.15, 0.2) is 5.16 Å². The Balaban J connectivity index is 1.53. The minimum atomic E-state index is -1.04. The lowest BCUT2D eigenvalue weighted by molar-refractivity contribution is -0.305. The van der Waals surface area contributed by atoms with E-state index in [-0.39, 0.29) is 12.0 Å². The molecule has 0 aliphatic carbocycles. The standard InChI is InChI=1S/C20H20N4O3S2/c25-17(26)8-2-1-5-10-24-19(27)18-15(9-11-28-18)23-20(24)29-12-16-21-13-6-3-4-7-14(13)22-16/h3-4,6-7,9,11H,1-2,5,8,10,12H2,(H,21,22)(H,25,26)/p-1. The summed E-state index contributed by atoms with van der Waals surface area (Å²) >= 11 is 2.87. The van der Waals surface area contributed by atoms with Crippen molar-refractivity contribution in [3.63, 3.8) is 0 Å². The number of para-hydroxylation sites is 2. The van der Waals surface area contributed by atoms with Crippen LogP contribution in [0.3, 0.4) is 0 Å². The van der Waals surface area contributed by atoms with Crippen LogP contribution in [0.4, 0.5) is 0 Å². The number of hydrogen-bond donors (Lipinski definition) is 1. The first-order valence-corrected chi connectivity index (χ1v) is 11.2. The van der Waals surface area contributed by atoms with Crippen LogP contribution in [0.1, 0.15) is 31.5 Å². The zero-order chi connectivity index (χ0) is 20.2. The van der Waals surface area contributed by atoms with Gasteiger partial charge in [-0.15, -0.1) is 11.3 Å². The van der Waals surface area contributed by atoms with Crippen LogP contribution in [0.25, 0.3) is 21.3 Å². The van der Waals surface area contributed by atoms with E-state index in [9.17, 15) is 14.7 Å². The average molecular weight is 428 g/mol. The second-order valence-electron chi connectivity index (χ2n) is 6.66. The van der Waals surface area contributed by atoms with Gasteiger partial charge in [-0.1, -0.05) is 30.3 Å². The van der Waals surface area contributed by atoms with Gasteiger partial charge in [-0.3, -0.25) is 9.36 Å². The van der Waals surface area contributed by atoms with Crippen molar-refractivity contribution < 1.29 is 9.90 Å². The lowest BCUT2D eigenvalue weighted by atomic mass is 10.2. The number of aliphatic carboxylic acids is 1. The summed E-state index contributed by atoms with van der Waals surface area (Å²) in [5.41, 5.74) is 2.56. The molecule has 1 N–H and O–H groups in total. The summed E-state index contributed by atoms with van der Waals surface area (Å²) in [5, 5.41) is 13.1. The average Bonchev–Trinajstić information content (AvgIpc) is 3.33. The first-order chi connectivity index (χ1) is 14.1. The van der Waals surface area contributed by atoms with E-state index < -0.39 is 5.97 Å². The Bertz CT molecular complexity index is 1180. The monoisotopic (exact) mass is 427 g/mol. The molecular formula is C20H19N4O3S2-. The third-order valence-corrected chi connectivity index (χ3v) is 6.45. The van der Waals surface area contributed by atoms with Crippen molar-refractivity contribution >= 4 is 50.3 Å². The summed E-state index contributed by atoms with van der Waals surface area (Å²) in [7, 11) is 0. The third-order valence-electron chi connectivity index (χ3n) is 4.57. The molecule has 3 aromatic heterocycles. The Hall–Kier alpha value is -2.65. The number of carbonyl (C=O) groups is 1. The van der Waals surface area contributed by atoms with Crippen LogP contribution in [0.5, 0.6) is 0 Å². The van der Waals surface area contributed by atoms with Crippen molar-refractivity contribution in [1.82, 2.24) is 19.5 Å². The number of aromatic nitrogens is 4. The first kappa shape index (κ1) is 19.7. The van der Waals surface area contributed by atoms with Gasteiger partial charge in [-0.25, -0.2) is 9.97 Å². The number of hydrogen-bond acceptors (Lipinski definition) is 7. The van der Waals surface area contributed by atoms with Crippen LogP contribution in [-0.4, -0.2) is 25.5 Å². The summed E-state index contributed by atoms with van der Waals surface area (Å²) in [4.78, 5) is 36.0. The van der Waals surface area contributed by atoms with Crippen LogP contribution in [0.2, 0.25) is 0 Å². The zero-order valence-electron chi connectivity index (χ0n) is 15.6. The molecule has 0 unspecified atom stereocenters. The SMILES string of the molecule is O=C([O-])CCCCCn1c(SCc2nc3ccccc3[nH]2)nc2ccsc2c1=O. The number of carboxylic acids is 1. The van der Waals surface area contributed by atoms with Crippen LogP contribution in [-0.2, 0) is 17.1 Å². The Kier molecular flexibility index (Phi) is 5.96. The molecule has 1 aromatic carbocycles. The number of carbonyl (C=O) groups excluding carboxylic acids is 1. The van der Waals surface area contributed by atoms with Crippen molar-refractivity contribution in [1.29, 1.82) is 0 Å². The van der Waals surface area contributed by atoms with E-state index in [2.05, 4.69) is 15.0 Å². The van der Waals surface area contributed by atoms with Gasteiger partial charge in [0.05, 0.1) is 22.3 Å². The predicted octanol–water partition coefficient (Wildman–Crippen LogP) is 2.94. The third kappa shape index (κ3) is 4.51. The molecule has 0 atom stereocenters. The topological polar surface area (TPSA) is 104 Å². The summed E-state index contributed by atoms with van der Waals surface area (Å²) in [6.07, 6.45) is 2.03. The van der Waals surface area contributed by atoms with Crippen molar-refractivity contribution in [3.05, 3.63) is 51.9 Å². The zero-order valence-corrected chi connectivity index (χ0v) is 17.2. The minimum absolute atomic E-state index is 0.0444. The highest BCUT2D eigenvalue weighted by Crippen LogP contribution is 2.24. The van der Waals surface area contributed by atoms with Gasteiger partial charge in [0.25, 0.3) is 5.56 Å². The van der Waals surface area contributed by atoms with E-state index in [4.69, 9.17) is 0 Å². The van der Waals surface area contributed by atoms with Crippen LogP contribution >= 0.6 is 23.1 Å². The van der Waals surface area contributed by atoms with E-state index in [0.717, 1.165) is 23.3 Å². The number of H-pyrrole nitrogens is 1. The molecule has 0 saturated carbocycles. The van der Waals surface area contributed by atoms with E-state index in [0.29, 0.717) is 40.5 Å². The maximum absolute atomic E-state index is 12.9. The van der Waals surface area contributed by atoms with Crippen molar-refractivity contribution in [2.45, 2.75) is 43.1 Å². The maximum Gasteiger partial charge on any atom is 0.272 e. The molecule has 4 aromatic rings. The summed E-state index contributed by atoms with van der Waals surface area (Å²) in [6.45, 7) is 0.509. The van der Waals surface area contributed by atoms with E-state index >= 15 is 0 Å². The summed E-state index contributed by atoms with van der Waals surface area (Å²) < 4.78 is 2.35. The lowest BCUT2D eigenvalue weighted by Crippen LogP contribution is -2.23. The second-order valence-corrected chi connectivity index (χ2v) is 8.52. The molecule has 0 bridgehead atoms. The smallest absolute Gasteiger partial charge is 0.272 e. The Morgan fingerprint density at radius 1 is 1.14 bits per heavy atom. The molecule has 3 heterocycles. The highest BCUT2D eigenvalue weighted by atomic mass is 32.2. The number of rotatable bonds is 9. The fraction of sp³-hybridized carbons (Fsp3) is 0.300. The molecular weight excluding hydrogens is 408 g/mol. The quantitative estimate of drug-likeness (QED) is 0.250. The molecule has 0 spiro atoms. The predicted molar refractivity (Wildman–Crippen MR) is 113 cm³/mol. The molecule has 0 fully saturated rings. The number of nitrogens with one attached hydrogen (secondary N) is 1. The maximum atomic E-state index is 12.9. The van der Waals surface area contributed by atoms with Crippen molar-refractivity contribution in [2.24, 2.45) is 0 Å². The van der Waals surface area contributed by atoms with Gasteiger partial charge < -0.3 is 14.9 Å². The molecule has 0 aliphatic rings. The number of imidazole rings is 1. The second kappa shape index (κ2) is 8.79. The van der Waals surface area contributed by atoms with E-state index in [1.165, 1.54) is 23.1 Å². The Labute approximate surface area is 174 Å². The Morgan fingerprint density at radius 3 is 2.83 bits per heavy atom. The molecule has 0 aliphatic heterocycles. The minimum Gasteiger partial charge on any atom is -0.550 e. The number of nitrogens with zero attached hydrogens (tertiary/aromatic N) is 3. The van der Waals surface area contributed by atoms with E-state index in [1.54, 1.807) is 4.57 Å². The first-order valence-electron chi connectivity index (χ1n) is 9.36. The van der Waals surface area contributed by atoms with Gasteiger partial charge in [0.2, 0.25) is 0 Å². The number of unbranched alkanes of at least 4 members (excludes halogenated alkanes) is 2. The molecule has 29 heavy (non-hydrogen) atoms. The summed E-state index contributed by atoms with van der Waals surface area (Å²) in [5.74, 6) is 0.365. The summed E-state index contributed by atoms with van der Waals surface area (Å²) in [6, 6.07) is 9.70. The van der Waals surface area contributed by atoms with Gasteiger partial charge in [-0.2, -0.15) is 0 Å². The van der Waals surface area contributed by atoms with Gasteiger partial charge >= 0.3 is 0 Å². The van der Waals surface area contributed by atoms with E-state index in [1.807, 2.05) is 35.7 Å². The van der Waals surface area contributed by atoms with Gasteiger partial charge in [-0.05, 0) is 42.8 Å². The number of thiophene rings is 1. The Morgan fingerprint density at radius 2 is 2.00 bits per heavy atom. The molecule has 150 valence electrons. The number of fused-ring (bicyclic) bond motifs is 2. The molecule has 0 saturated heterocycles. The molecule has 9 heteroatoms. The highest BCUT2D eigenvalue weighted by Gasteiger charge is 2.13. The number of thioether (sulfide) groups is 1. The van der Waals surface area contributed by atoms with Gasteiger partial charge in [0.1, 0.15) is 10.5 Å². The van der Waals surface area contributed by atoms with Crippen molar-refractivity contribution in [2.75, 3.05) is 0 Å². The lowest BCUT2D eigenvalue weighted by Gasteiger charge is -2.11. The van der Waals surface area contributed by atoms with Crippen molar-refractivity contribution in [3.8, 4) is 0 Å². The normalized spacial score (nSPS) is 11.4. The fourth-order valence-corrected chi connectivity index (χ4v) is 4.83. The molecule has 4 rings (SSSR count). The molecule has 0 radical (unpaired) electrons. The number of carboxylic acid groups (broad SMARTS) is 1. The van der Waals surface area contributed by atoms with Crippen LogP contribution < -0.4 is 10.7 Å². The number of aromatic amines is 1. The van der Waals surface area contributed by atoms with Crippen LogP contribution in [0, 0.1) is 0 Å². The molecule has 0 amide bonds.